The van der Waals surface area contributed by atoms with Gasteiger partial charge >= 0.3 is 17.9 Å². The highest BCUT2D eigenvalue weighted by Crippen LogP contribution is 2.45. The summed E-state index contributed by atoms with van der Waals surface area (Å²) in [5.41, 5.74) is -0.948. The summed E-state index contributed by atoms with van der Waals surface area (Å²) in [7, 11) is 0.615. The fourth-order valence-corrected chi connectivity index (χ4v) is 12.9. The molecule has 428 valence electrons. The van der Waals surface area contributed by atoms with Crippen molar-refractivity contribution in [1.82, 2.24) is 4.90 Å². The van der Waals surface area contributed by atoms with Crippen molar-refractivity contribution in [2.24, 2.45) is 11.8 Å². The number of esters is 3. The SMILES string of the molecule is CCCC(=O)O[C@H]1[C@H](C)O[C@@H](O[C@H]2[C@H](N(C)C)[C@@H](OC(C)=O)[C@H](O[C@H]3[C@H]4CC(O[Si](C)(C)C(C)(C)C)O[C@H](CC(=O)O[C@H](C)C/C=C/C=C/[C@H](O[Si](C)(C)C(C)(C)C)[C@H](C)C4)[C@@H]3OC)O[C@@H]2C)C[C@@]1(C)OCSC. The standard InChI is InChI=1S/C55H99NO15SSi2/c1-22-26-42(58)67-51-37(5)63-45(32-55(51,13)61-33-72-17)68-47-36(4)64-52(50(65-38(6)57)46(47)56(14)15)69-48-39-29-34(2)40(70-73(18,19)53(7,8)9)28-25-23-24-27-35(3)62-43(59)31-41(49(48)60-16)66-44(30-39)71-74(20,21)54(10,11)12/h23-25,28,34-37,39-41,44-52H,22,26-27,29-33H2,1-21H3/b24-23+,28-25+/t34-,35-,36-,37+,39-,40+,41-,44?,45+,46+,47-,48+,49+,50-,51+,52+,55-/m1/s1. The molecule has 4 aliphatic rings. The van der Waals surface area contributed by atoms with Gasteiger partial charge in [0, 0.05) is 39.7 Å². The maximum atomic E-state index is 14.0. The lowest BCUT2D eigenvalue weighted by atomic mass is 9.83. The van der Waals surface area contributed by atoms with Crippen LogP contribution < -0.4 is 0 Å². The molecule has 4 aliphatic heterocycles. The van der Waals surface area contributed by atoms with E-state index in [1.165, 1.54) is 18.7 Å². The van der Waals surface area contributed by atoms with Crippen molar-refractivity contribution in [3.63, 3.8) is 0 Å². The Morgan fingerprint density at radius 3 is 2.07 bits per heavy atom. The maximum absolute atomic E-state index is 14.0. The zero-order chi connectivity index (χ0) is 55.7. The summed E-state index contributed by atoms with van der Waals surface area (Å²) in [5, 5.41) is -0.211. The van der Waals surface area contributed by atoms with E-state index in [-0.39, 0.29) is 53.2 Å². The van der Waals surface area contributed by atoms with Crippen LogP contribution in [-0.2, 0) is 70.6 Å². The van der Waals surface area contributed by atoms with Gasteiger partial charge in [0.25, 0.3) is 0 Å². The number of likely N-dealkylation sites (N-methyl/N-ethyl adjacent to an activating group) is 1. The number of fused-ring (bicyclic) bond motifs is 3. The van der Waals surface area contributed by atoms with Gasteiger partial charge in [-0.05, 0) is 109 Å². The van der Waals surface area contributed by atoms with Gasteiger partial charge < -0.3 is 61.1 Å². The summed E-state index contributed by atoms with van der Waals surface area (Å²) in [6.07, 6.45) is 3.13. The van der Waals surface area contributed by atoms with Crippen LogP contribution in [0.15, 0.2) is 24.3 Å². The molecule has 3 fully saturated rings. The van der Waals surface area contributed by atoms with Crippen LogP contribution in [0, 0.1) is 11.8 Å². The van der Waals surface area contributed by atoms with Gasteiger partial charge in [0.2, 0.25) is 0 Å². The Labute approximate surface area is 452 Å². The number of hydrogen-bond acceptors (Lipinski definition) is 17. The van der Waals surface area contributed by atoms with E-state index in [2.05, 4.69) is 80.7 Å². The number of allylic oxidation sites excluding steroid dienone is 2. The molecule has 0 amide bonds. The Bertz CT molecular complexity index is 1860. The van der Waals surface area contributed by atoms with Crippen LogP contribution in [0.25, 0.3) is 0 Å². The fraction of sp³-hybridized carbons (Fsp3) is 0.873. The fourth-order valence-electron chi connectivity index (χ4n) is 9.99. The third-order valence-corrected chi connectivity index (χ3v) is 25.4. The zero-order valence-corrected chi connectivity index (χ0v) is 52.0. The van der Waals surface area contributed by atoms with E-state index in [1.54, 1.807) is 7.11 Å². The molecule has 0 radical (unpaired) electrons. The van der Waals surface area contributed by atoms with Crippen molar-refractivity contribution in [2.75, 3.05) is 33.4 Å². The maximum Gasteiger partial charge on any atom is 0.308 e. The van der Waals surface area contributed by atoms with Gasteiger partial charge in [-0.25, -0.2) is 0 Å². The zero-order valence-electron chi connectivity index (χ0n) is 49.2. The van der Waals surface area contributed by atoms with Crippen molar-refractivity contribution in [1.29, 1.82) is 0 Å². The number of carbonyl (C=O) groups is 3. The minimum Gasteiger partial charge on any atom is -0.462 e. The van der Waals surface area contributed by atoms with Crippen LogP contribution in [0.2, 0.25) is 36.3 Å². The molecule has 19 heteroatoms. The first kappa shape index (κ1) is 64.8. The summed E-state index contributed by atoms with van der Waals surface area (Å²) >= 11 is 1.52. The lowest BCUT2D eigenvalue weighted by Gasteiger charge is -2.51. The Morgan fingerprint density at radius 2 is 1.49 bits per heavy atom. The molecule has 16 nitrogen and oxygen atoms in total. The minimum atomic E-state index is -2.49. The topological polar surface area (TPSA) is 165 Å². The van der Waals surface area contributed by atoms with E-state index in [0.717, 1.165) is 0 Å². The van der Waals surface area contributed by atoms with Crippen molar-refractivity contribution in [2.45, 2.75) is 263 Å². The highest BCUT2D eigenvalue weighted by atomic mass is 32.2. The quantitative estimate of drug-likeness (QED) is 0.0584. The molecule has 0 N–H and O–H groups in total. The van der Waals surface area contributed by atoms with Crippen LogP contribution in [0.3, 0.4) is 0 Å². The van der Waals surface area contributed by atoms with Crippen molar-refractivity contribution in [3.8, 4) is 0 Å². The highest BCUT2D eigenvalue weighted by molar-refractivity contribution is 7.98. The Balaban J connectivity index is 1.86. The van der Waals surface area contributed by atoms with Gasteiger partial charge in [0.05, 0.1) is 48.9 Å². The number of rotatable bonds is 17. The highest BCUT2D eigenvalue weighted by Gasteiger charge is 2.56. The van der Waals surface area contributed by atoms with Crippen LogP contribution in [0.4, 0.5) is 0 Å². The second kappa shape index (κ2) is 27.4. The molecule has 4 rings (SSSR count). The van der Waals surface area contributed by atoms with Crippen LogP contribution in [0.1, 0.15) is 135 Å². The number of cyclic esters (lactones) is 1. The average molecular weight is 1100 g/mol. The van der Waals surface area contributed by atoms with Crippen LogP contribution >= 0.6 is 11.8 Å². The molecule has 0 spiro atoms. The number of ether oxygens (including phenoxy) is 10. The molecule has 0 aromatic carbocycles. The van der Waals surface area contributed by atoms with Crippen molar-refractivity contribution >= 4 is 46.3 Å². The summed E-state index contributed by atoms with van der Waals surface area (Å²) < 4.78 is 80.6. The molecule has 0 aromatic rings. The van der Waals surface area contributed by atoms with E-state index in [1.807, 2.05) is 78.1 Å². The third-order valence-electron chi connectivity index (χ3n) is 16.1. The molecule has 3 saturated heterocycles. The number of nitrogens with zero attached hydrogens (tertiary/aromatic N) is 1. The van der Waals surface area contributed by atoms with E-state index in [9.17, 15) is 14.4 Å². The Morgan fingerprint density at radius 1 is 0.838 bits per heavy atom. The number of hydrogen-bond donors (Lipinski definition) is 0. The molecule has 1 unspecified atom stereocenters. The molecular weight excluding hydrogens is 1000 g/mol. The molecule has 74 heavy (non-hydrogen) atoms. The smallest absolute Gasteiger partial charge is 0.308 e. The van der Waals surface area contributed by atoms with Gasteiger partial charge in [-0.15, -0.1) is 11.8 Å². The van der Waals surface area contributed by atoms with Crippen molar-refractivity contribution in [3.05, 3.63) is 24.3 Å². The van der Waals surface area contributed by atoms with Gasteiger partial charge in [0.15, 0.2) is 41.4 Å². The lowest BCUT2D eigenvalue weighted by Crippen LogP contribution is -2.66. The molecular formula is C55H99NO15SSi2. The summed E-state index contributed by atoms with van der Waals surface area (Å²) in [6, 6.07) is -0.626. The van der Waals surface area contributed by atoms with Gasteiger partial charge in [-0.1, -0.05) is 79.7 Å². The van der Waals surface area contributed by atoms with E-state index < -0.39 is 114 Å². The summed E-state index contributed by atoms with van der Waals surface area (Å²) in [4.78, 5) is 42.2. The average Bonchev–Trinajstić information content (AvgIpc) is 3.38. The first-order chi connectivity index (χ1) is 34.3. The second-order valence-electron chi connectivity index (χ2n) is 24.7. The molecule has 4 heterocycles. The van der Waals surface area contributed by atoms with E-state index in [4.69, 9.17) is 56.2 Å². The summed E-state index contributed by atoms with van der Waals surface area (Å²) in [5.74, 6) is -1.30. The van der Waals surface area contributed by atoms with Gasteiger partial charge in [0.1, 0.15) is 30.2 Å². The first-order valence-corrected chi connectivity index (χ1v) is 34.3. The number of methoxy groups -OCH3 is 1. The van der Waals surface area contributed by atoms with E-state index >= 15 is 0 Å². The first-order valence-electron chi connectivity index (χ1n) is 27.1. The Kier molecular flexibility index (Phi) is 24.0. The Hall–Kier alpha value is -1.73. The molecule has 17 atom stereocenters. The molecule has 0 saturated carbocycles. The molecule has 2 bridgehead atoms. The van der Waals surface area contributed by atoms with Crippen molar-refractivity contribution < 1.29 is 70.6 Å². The number of thioether (sulfide) groups is 1. The predicted octanol–water partition coefficient (Wildman–Crippen LogP) is 10.3. The summed E-state index contributed by atoms with van der Waals surface area (Å²) in [6.45, 7) is 35.3. The van der Waals surface area contributed by atoms with Crippen LogP contribution in [0.5, 0.6) is 0 Å². The predicted molar refractivity (Wildman–Crippen MR) is 293 cm³/mol. The largest absolute Gasteiger partial charge is 0.462 e. The van der Waals surface area contributed by atoms with Crippen LogP contribution in [-0.4, -0.2) is 164 Å². The lowest BCUT2D eigenvalue weighted by molar-refractivity contribution is -0.345. The third kappa shape index (κ3) is 17.4. The monoisotopic (exact) mass is 1100 g/mol. The van der Waals surface area contributed by atoms with Gasteiger partial charge in [-0.2, -0.15) is 0 Å². The van der Waals surface area contributed by atoms with Gasteiger partial charge in [-0.3, -0.25) is 14.4 Å². The molecule has 0 aliphatic carbocycles. The van der Waals surface area contributed by atoms with E-state index in [0.29, 0.717) is 31.6 Å². The minimum absolute atomic E-state index is 0.0507. The molecule has 0 aromatic heterocycles. The second-order valence-corrected chi connectivity index (χ2v) is 35.1. The number of carbonyl (C=O) groups excluding carboxylic acids is 3. The normalized spacial score (nSPS) is 37.2.